The maximum Gasteiger partial charge on any atom is 0.248 e. The van der Waals surface area contributed by atoms with E-state index in [1.54, 1.807) is 36.5 Å². The van der Waals surface area contributed by atoms with E-state index in [0.717, 1.165) is 0 Å². The van der Waals surface area contributed by atoms with Crippen molar-refractivity contribution in [1.82, 2.24) is 4.98 Å². The van der Waals surface area contributed by atoms with Crippen LogP contribution in [0.2, 0.25) is 0 Å². The lowest BCUT2D eigenvalue weighted by molar-refractivity contribution is -0.111. The molecule has 0 saturated carbocycles. The number of anilines is 1. The maximum absolute atomic E-state index is 14.3. The highest BCUT2D eigenvalue weighted by Gasteiger charge is 2.14. The van der Waals surface area contributed by atoms with E-state index in [1.807, 2.05) is 0 Å². The number of carbonyl (C=O) groups excluding carboxylic acids is 1. The number of pyridine rings is 1. The molecular weight excluding hydrogens is 403 g/mol. The summed E-state index contributed by atoms with van der Waals surface area (Å²) >= 11 is 0. The van der Waals surface area contributed by atoms with Gasteiger partial charge < -0.3 is 24.3 Å². The molecule has 1 amide bonds. The van der Waals surface area contributed by atoms with Crippen molar-refractivity contribution >= 4 is 17.7 Å². The van der Waals surface area contributed by atoms with E-state index in [1.165, 1.54) is 51.8 Å². The minimum absolute atomic E-state index is 0.0621. The molecule has 3 rings (SSSR count). The van der Waals surface area contributed by atoms with E-state index < -0.39 is 11.7 Å². The van der Waals surface area contributed by atoms with Gasteiger partial charge in [-0.1, -0.05) is 6.07 Å². The van der Waals surface area contributed by atoms with Crippen LogP contribution < -0.4 is 24.3 Å². The van der Waals surface area contributed by atoms with Crippen molar-refractivity contribution in [2.75, 3.05) is 26.6 Å². The molecule has 160 valence electrons. The monoisotopic (exact) mass is 424 g/mol. The first-order chi connectivity index (χ1) is 15.0. The predicted octanol–water partition coefficient (Wildman–Crippen LogP) is 4.69. The lowest BCUT2D eigenvalue weighted by Crippen LogP contribution is -2.08. The minimum Gasteiger partial charge on any atom is -0.493 e. The van der Waals surface area contributed by atoms with Crippen molar-refractivity contribution in [2.45, 2.75) is 0 Å². The Morgan fingerprint density at radius 1 is 1.00 bits per heavy atom. The third-order valence-electron chi connectivity index (χ3n) is 4.18. The lowest BCUT2D eigenvalue weighted by atomic mass is 10.2. The Hall–Kier alpha value is -4.07. The van der Waals surface area contributed by atoms with Crippen LogP contribution in [0.5, 0.6) is 28.7 Å². The molecule has 0 unspecified atom stereocenters. The number of amides is 1. The predicted molar refractivity (Wildman–Crippen MR) is 114 cm³/mol. The zero-order chi connectivity index (χ0) is 22.2. The van der Waals surface area contributed by atoms with Crippen LogP contribution in [0, 0.1) is 5.82 Å². The van der Waals surface area contributed by atoms with Crippen molar-refractivity contribution < 1.29 is 28.1 Å². The summed E-state index contributed by atoms with van der Waals surface area (Å²) in [6, 6.07) is 11.0. The normalized spacial score (nSPS) is 10.6. The molecule has 1 heterocycles. The number of hydrogen-bond donors (Lipinski definition) is 1. The van der Waals surface area contributed by atoms with Crippen LogP contribution in [-0.2, 0) is 4.79 Å². The summed E-state index contributed by atoms with van der Waals surface area (Å²) in [5, 5.41) is 2.70. The molecular formula is C23H21FN2O5. The molecule has 7 nitrogen and oxygen atoms in total. The summed E-state index contributed by atoms with van der Waals surface area (Å²) in [4.78, 5) is 16.2. The Morgan fingerprint density at radius 3 is 2.32 bits per heavy atom. The largest absolute Gasteiger partial charge is 0.493 e. The van der Waals surface area contributed by atoms with Gasteiger partial charge in [0.05, 0.1) is 27.5 Å². The van der Waals surface area contributed by atoms with Gasteiger partial charge in [-0.25, -0.2) is 4.39 Å². The van der Waals surface area contributed by atoms with Crippen molar-refractivity contribution in [3.8, 4) is 28.7 Å². The fourth-order valence-corrected chi connectivity index (χ4v) is 2.75. The number of halogens is 1. The SMILES string of the molecule is COc1cc(NC(=O)/C=C/c2ccc(Oc3cccnc3)c(F)c2)cc(OC)c1OC. The second-order valence-electron chi connectivity index (χ2n) is 6.22. The lowest BCUT2D eigenvalue weighted by Gasteiger charge is -2.14. The average molecular weight is 424 g/mol. The quantitative estimate of drug-likeness (QED) is 0.529. The first-order valence-corrected chi connectivity index (χ1v) is 9.20. The molecule has 0 aliphatic carbocycles. The summed E-state index contributed by atoms with van der Waals surface area (Å²) in [6.45, 7) is 0. The molecule has 1 N–H and O–H groups in total. The fourth-order valence-electron chi connectivity index (χ4n) is 2.75. The Labute approximate surface area is 179 Å². The standard InChI is InChI=1S/C23H21FN2O5/c1-28-20-12-16(13-21(29-2)23(20)30-3)26-22(27)9-7-15-6-8-19(18(24)11-15)31-17-5-4-10-25-14-17/h4-14H,1-3H3,(H,26,27)/b9-7+. The van der Waals surface area contributed by atoms with Crippen molar-refractivity contribution in [2.24, 2.45) is 0 Å². The molecule has 0 aliphatic rings. The minimum atomic E-state index is -0.559. The smallest absolute Gasteiger partial charge is 0.248 e. The Morgan fingerprint density at radius 2 is 1.74 bits per heavy atom. The van der Waals surface area contributed by atoms with Crippen molar-refractivity contribution in [3.63, 3.8) is 0 Å². The van der Waals surface area contributed by atoms with Gasteiger partial charge in [0.15, 0.2) is 23.1 Å². The molecule has 0 bridgehead atoms. The number of aromatic nitrogens is 1. The Bertz CT molecular complexity index is 1060. The van der Waals surface area contributed by atoms with Gasteiger partial charge in [-0.15, -0.1) is 0 Å². The van der Waals surface area contributed by atoms with Gasteiger partial charge in [0, 0.05) is 30.1 Å². The average Bonchev–Trinajstić information content (AvgIpc) is 2.79. The van der Waals surface area contributed by atoms with E-state index in [4.69, 9.17) is 18.9 Å². The van der Waals surface area contributed by atoms with Crippen LogP contribution in [0.25, 0.3) is 6.08 Å². The summed E-state index contributed by atoms with van der Waals surface area (Å²) in [6.07, 6.45) is 5.87. The third-order valence-corrected chi connectivity index (χ3v) is 4.18. The fraction of sp³-hybridized carbons (Fsp3) is 0.130. The number of carbonyl (C=O) groups is 1. The molecule has 1 aromatic heterocycles. The van der Waals surface area contributed by atoms with Gasteiger partial charge in [0.1, 0.15) is 5.75 Å². The molecule has 0 atom stereocenters. The van der Waals surface area contributed by atoms with E-state index in [9.17, 15) is 9.18 Å². The van der Waals surface area contributed by atoms with Gasteiger partial charge in [-0.05, 0) is 35.9 Å². The molecule has 0 radical (unpaired) electrons. The highest BCUT2D eigenvalue weighted by molar-refractivity contribution is 6.02. The number of nitrogens with one attached hydrogen (secondary N) is 1. The van der Waals surface area contributed by atoms with Crippen LogP contribution in [-0.4, -0.2) is 32.2 Å². The molecule has 2 aromatic carbocycles. The number of nitrogens with zero attached hydrogens (tertiary/aromatic N) is 1. The van der Waals surface area contributed by atoms with Gasteiger partial charge in [0.25, 0.3) is 0 Å². The Kier molecular flexibility index (Phi) is 7.05. The summed E-state index contributed by atoms with van der Waals surface area (Å²) in [7, 11) is 4.46. The zero-order valence-corrected chi connectivity index (χ0v) is 17.2. The van der Waals surface area contributed by atoms with Crippen LogP contribution in [0.3, 0.4) is 0 Å². The number of hydrogen-bond acceptors (Lipinski definition) is 6. The van der Waals surface area contributed by atoms with Crippen LogP contribution in [0.1, 0.15) is 5.56 Å². The van der Waals surface area contributed by atoms with Gasteiger partial charge in [0.2, 0.25) is 11.7 Å². The second-order valence-corrected chi connectivity index (χ2v) is 6.22. The van der Waals surface area contributed by atoms with E-state index in [0.29, 0.717) is 34.2 Å². The molecule has 0 saturated heterocycles. The van der Waals surface area contributed by atoms with Gasteiger partial charge >= 0.3 is 0 Å². The van der Waals surface area contributed by atoms with E-state index in [-0.39, 0.29) is 5.75 Å². The first-order valence-electron chi connectivity index (χ1n) is 9.20. The number of benzene rings is 2. The second kappa shape index (κ2) is 10.1. The molecule has 8 heteroatoms. The van der Waals surface area contributed by atoms with Crippen LogP contribution >= 0.6 is 0 Å². The molecule has 0 spiro atoms. The van der Waals surface area contributed by atoms with E-state index in [2.05, 4.69) is 10.3 Å². The Balaban J connectivity index is 1.69. The summed E-state index contributed by atoms with van der Waals surface area (Å²) < 4.78 is 35.6. The van der Waals surface area contributed by atoms with Crippen LogP contribution in [0.4, 0.5) is 10.1 Å². The maximum atomic E-state index is 14.3. The van der Waals surface area contributed by atoms with Crippen LogP contribution in [0.15, 0.2) is 60.9 Å². The van der Waals surface area contributed by atoms with Crippen molar-refractivity contribution in [1.29, 1.82) is 0 Å². The number of methoxy groups -OCH3 is 3. The number of ether oxygens (including phenoxy) is 4. The summed E-state index contributed by atoms with van der Waals surface area (Å²) in [5.41, 5.74) is 0.951. The highest BCUT2D eigenvalue weighted by Crippen LogP contribution is 2.39. The van der Waals surface area contributed by atoms with E-state index >= 15 is 0 Å². The molecule has 0 aliphatic heterocycles. The topological polar surface area (TPSA) is 78.9 Å². The third kappa shape index (κ3) is 5.51. The number of rotatable bonds is 8. The van der Waals surface area contributed by atoms with Crippen molar-refractivity contribution in [3.05, 3.63) is 72.3 Å². The highest BCUT2D eigenvalue weighted by atomic mass is 19.1. The van der Waals surface area contributed by atoms with Gasteiger partial charge in [-0.3, -0.25) is 9.78 Å². The zero-order valence-electron chi connectivity index (χ0n) is 17.2. The summed E-state index contributed by atoms with van der Waals surface area (Å²) in [5.74, 6) is 0.755. The molecule has 0 fully saturated rings. The molecule has 31 heavy (non-hydrogen) atoms. The van der Waals surface area contributed by atoms with Gasteiger partial charge in [-0.2, -0.15) is 0 Å². The first kappa shape index (κ1) is 21.6. The molecule has 3 aromatic rings.